The van der Waals surface area contributed by atoms with E-state index in [2.05, 4.69) is 61.1 Å². The third-order valence-corrected chi connectivity index (χ3v) is 5.20. The molecule has 0 unspecified atom stereocenters. The SMILES string of the molecule is CN=C(NCc1nnc2ccccn12)NC1CCN(Cc2ccccc2)CC1. The predicted molar refractivity (Wildman–Crippen MR) is 111 cm³/mol. The highest BCUT2D eigenvalue weighted by molar-refractivity contribution is 5.79. The van der Waals surface area contributed by atoms with Crippen LogP contribution in [-0.4, -0.2) is 51.6 Å². The molecule has 1 aliphatic heterocycles. The zero-order valence-electron chi connectivity index (χ0n) is 16.3. The van der Waals surface area contributed by atoms with Crippen LogP contribution in [0.5, 0.6) is 0 Å². The molecular weight excluding hydrogens is 350 g/mol. The summed E-state index contributed by atoms with van der Waals surface area (Å²) in [6.45, 7) is 3.80. The van der Waals surface area contributed by atoms with E-state index in [-0.39, 0.29) is 0 Å². The molecule has 7 nitrogen and oxygen atoms in total. The zero-order chi connectivity index (χ0) is 19.2. The summed E-state index contributed by atoms with van der Waals surface area (Å²) in [6, 6.07) is 17.0. The number of aliphatic imine (C=N–C) groups is 1. The molecule has 0 atom stereocenters. The molecule has 1 aromatic carbocycles. The molecule has 3 aromatic rings. The number of benzene rings is 1. The highest BCUT2D eigenvalue weighted by atomic mass is 15.3. The summed E-state index contributed by atoms with van der Waals surface area (Å²) in [6.07, 6.45) is 4.20. The minimum Gasteiger partial charge on any atom is -0.354 e. The first-order valence-electron chi connectivity index (χ1n) is 9.84. The Labute approximate surface area is 165 Å². The lowest BCUT2D eigenvalue weighted by atomic mass is 10.0. The van der Waals surface area contributed by atoms with Crippen molar-refractivity contribution < 1.29 is 0 Å². The van der Waals surface area contributed by atoms with Crippen LogP contribution in [0.4, 0.5) is 0 Å². The number of fused-ring (bicyclic) bond motifs is 1. The second-order valence-corrected chi connectivity index (χ2v) is 7.15. The average molecular weight is 377 g/mol. The quantitative estimate of drug-likeness (QED) is 0.526. The van der Waals surface area contributed by atoms with Crippen molar-refractivity contribution in [3.05, 3.63) is 66.1 Å². The Kier molecular flexibility index (Phi) is 5.82. The molecule has 7 heteroatoms. The number of likely N-dealkylation sites (tertiary alicyclic amines) is 1. The van der Waals surface area contributed by atoms with Crippen LogP contribution in [0.15, 0.2) is 59.7 Å². The molecule has 28 heavy (non-hydrogen) atoms. The van der Waals surface area contributed by atoms with E-state index in [1.807, 2.05) is 35.8 Å². The van der Waals surface area contributed by atoms with Gasteiger partial charge < -0.3 is 10.6 Å². The summed E-state index contributed by atoms with van der Waals surface area (Å²) < 4.78 is 1.99. The molecule has 146 valence electrons. The van der Waals surface area contributed by atoms with Gasteiger partial charge in [-0.2, -0.15) is 0 Å². The predicted octanol–water partition coefficient (Wildman–Crippen LogP) is 2.06. The van der Waals surface area contributed by atoms with Gasteiger partial charge in [0.15, 0.2) is 17.4 Å². The first-order chi connectivity index (χ1) is 13.8. The standard InChI is InChI=1S/C21H27N7/c1-22-21(23-15-20-26-25-19-9-5-6-12-28(19)20)24-18-10-13-27(14-11-18)16-17-7-3-2-4-8-17/h2-9,12,18H,10-11,13-16H2,1H3,(H2,22,23,24). The van der Waals surface area contributed by atoms with Crippen molar-refractivity contribution in [3.63, 3.8) is 0 Å². The summed E-state index contributed by atoms with van der Waals surface area (Å²) in [5.74, 6) is 1.69. The van der Waals surface area contributed by atoms with Crippen LogP contribution in [0, 0.1) is 0 Å². The van der Waals surface area contributed by atoms with Gasteiger partial charge in [-0.1, -0.05) is 36.4 Å². The Balaban J connectivity index is 1.25. The van der Waals surface area contributed by atoms with Gasteiger partial charge in [-0.25, -0.2) is 0 Å². The highest BCUT2D eigenvalue weighted by Crippen LogP contribution is 2.13. The molecule has 0 saturated carbocycles. The lowest BCUT2D eigenvalue weighted by Crippen LogP contribution is -2.48. The fourth-order valence-electron chi connectivity index (χ4n) is 3.64. The number of hydrogen-bond donors (Lipinski definition) is 2. The second kappa shape index (κ2) is 8.84. The van der Waals surface area contributed by atoms with Crippen LogP contribution in [0.2, 0.25) is 0 Å². The van der Waals surface area contributed by atoms with E-state index in [1.54, 1.807) is 0 Å². The molecule has 2 aromatic heterocycles. The Morgan fingerprint density at radius 1 is 1.07 bits per heavy atom. The van der Waals surface area contributed by atoms with Crippen molar-refractivity contribution in [3.8, 4) is 0 Å². The van der Waals surface area contributed by atoms with Gasteiger partial charge in [0.1, 0.15) is 0 Å². The molecule has 0 aliphatic carbocycles. The van der Waals surface area contributed by atoms with E-state index in [1.165, 1.54) is 5.56 Å². The smallest absolute Gasteiger partial charge is 0.191 e. The van der Waals surface area contributed by atoms with Gasteiger partial charge >= 0.3 is 0 Å². The summed E-state index contributed by atoms with van der Waals surface area (Å²) in [5, 5.41) is 15.4. The second-order valence-electron chi connectivity index (χ2n) is 7.15. The maximum absolute atomic E-state index is 4.37. The third kappa shape index (κ3) is 4.48. The number of pyridine rings is 1. The summed E-state index contributed by atoms with van der Waals surface area (Å²) in [7, 11) is 1.81. The number of nitrogens with zero attached hydrogens (tertiary/aromatic N) is 5. The molecule has 0 spiro atoms. The van der Waals surface area contributed by atoms with Gasteiger partial charge in [-0.05, 0) is 30.5 Å². The van der Waals surface area contributed by atoms with Gasteiger partial charge in [0.05, 0.1) is 6.54 Å². The molecule has 1 aliphatic rings. The Hall–Kier alpha value is -2.93. The zero-order valence-corrected chi connectivity index (χ0v) is 16.3. The van der Waals surface area contributed by atoms with E-state index < -0.39 is 0 Å². The molecule has 0 radical (unpaired) electrons. The molecule has 0 amide bonds. The third-order valence-electron chi connectivity index (χ3n) is 5.20. The van der Waals surface area contributed by atoms with E-state index in [0.29, 0.717) is 12.6 Å². The monoisotopic (exact) mass is 377 g/mol. The minimum atomic E-state index is 0.438. The van der Waals surface area contributed by atoms with Crippen LogP contribution in [0.25, 0.3) is 5.65 Å². The normalized spacial score (nSPS) is 16.4. The number of nitrogens with one attached hydrogen (secondary N) is 2. The number of guanidine groups is 1. The van der Waals surface area contributed by atoms with Gasteiger partial charge in [0.25, 0.3) is 0 Å². The lowest BCUT2D eigenvalue weighted by Gasteiger charge is -2.33. The van der Waals surface area contributed by atoms with Crippen molar-refractivity contribution in [2.24, 2.45) is 4.99 Å². The Bertz CT molecular complexity index is 911. The summed E-state index contributed by atoms with van der Waals surface area (Å²) in [4.78, 5) is 6.89. The molecule has 3 heterocycles. The van der Waals surface area contributed by atoms with Gasteiger partial charge in [0, 0.05) is 38.9 Å². The summed E-state index contributed by atoms with van der Waals surface area (Å²) >= 11 is 0. The molecule has 1 saturated heterocycles. The maximum atomic E-state index is 4.37. The van der Waals surface area contributed by atoms with Crippen LogP contribution < -0.4 is 10.6 Å². The fraction of sp³-hybridized carbons (Fsp3) is 0.381. The molecule has 2 N–H and O–H groups in total. The van der Waals surface area contributed by atoms with Crippen LogP contribution in [0.3, 0.4) is 0 Å². The van der Waals surface area contributed by atoms with E-state index in [0.717, 1.165) is 49.9 Å². The number of hydrogen-bond acceptors (Lipinski definition) is 4. The van der Waals surface area contributed by atoms with Crippen molar-refractivity contribution in [1.29, 1.82) is 0 Å². The van der Waals surface area contributed by atoms with Crippen molar-refractivity contribution in [2.75, 3.05) is 20.1 Å². The first-order valence-corrected chi connectivity index (χ1v) is 9.84. The fourth-order valence-corrected chi connectivity index (χ4v) is 3.64. The van der Waals surface area contributed by atoms with Crippen molar-refractivity contribution >= 4 is 11.6 Å². The topological polar surface area (TPSA) is 69.8 Å². The number of rotatable bonds is 5. The Morgan fingerprint density at radius 3 is 2.64 bits per heavy atom. The molecule has 4 rings (SSSR count). The number of piperidine rings is 1. The first kappa shape index (κ1) is 18.4. The maximum Gasteiger partial charge on any atom is 0.191 e. The molecule has 0 bridgehead atoms. The largest absolute Gasteiger partial charge is 0.354 e. The van der Waals surface area contributed by atoms with E-state index in [4.69, 9.17) is 0 Å². The average Bonchev–Trinajstić information content (AvgIpc) is 3.16. The summed E-state index contributed by atoms with van der Waals surface area (Å²) in [5.41, 5.74) is 2.24. The van der Waals surface area contributed by atoms with Crippen LogP contribution >= 0.6 is 0 Å². The van der Waals surface area contributed by atoms with Gasteiger partial charge in [0.2, 0.25) is 0 Å². The highest BCUT2D eigenvalue weighted by Gasteiger charge is 2.20. The van der Waals surface area contributed by atoms with E-state index >= 15 is 0 Å². The van der Waals surface area contributed by atoms with E-state index in [9.17, 15) is 0 Å². The van der Waals surface area contributed by atoms with Gasteiger partial charge in [-0.3, -0.25) is 14.3 Å². The minimum absolute atomic E-state index is 0.438. The lowest BCUT2D eigenvalue weighted by molar-refractivity contribution is 0.198. The Morgan fingerprint density at radius 2 is 1.86 bits per heavy atom. The van der Waals surface area contributed by atoms with Gasteiger partial charge in [-0.15, -0.1) is 10.2 Å². The number of aromatic nitrogens is 3. The van der Waals surface area contributed by atoms with Crippen molar-refractivity contribution in [1.82, 2.24) is 30.1 Å². The van der Waals surface area contributed by atoms with Crippen LogP contribution in [-0.2, 0) is 13.1 Å². The van der Waals surface area contributed by atoms with Crippen LogP contribution in [0.1, 0.15) is 24.2 Å². The van der Waals surface area contributed by atoms with Crippen molar-refractivity contribution in [2.45, 2.75) is 32.0 Å². The molecular formula is C21H27N7. The molecule has 1 fully saturated rings.